The van der Waals surface area contributed by atoms with Crippen molar-refractivity contribution < 1.29 is 9.53 Å². The van der Waals surface area contributed by atoms with Crippen LogP contribution in [0.4, 0.5) is 5.82 Å². The van der Waals surface area contributed by atoms with Crippen molar-refractivity contribution in [3.05, 3.63) is 76.6 Å². The van der Waals surface area contributed by atoms with Crippen molar-refractivity contribution in [1.29, 1.82) is 0 Å². The molecule has 1 aliphatic rings. The summed E-state index contributed by atoms with van der Waals surface area (Å²) in [6.07, 6.45) is 0. The van der Waals surface area contributed by atoms with Gasteiger partial charge in [0.1, 0.15) is 17.4 Å². The van der Waals surface area contributed by atoms with E-state index in [1.165, 1.54) is 11.1 Å². The van der Waals surface area contributed by atoms with Gasteiger partial charge in [0.25, 0.3) is 5.91 Å². The molecule has 0 saturated carbocycles. The number of anilines is 1. The van der Waals surface area contributed by atoms with Crippen molar-refractivity contribution in [3.8, 4) is 11.6 Å². The van der Waals surface area contributed by atoms with Gasteiger partial charge in [0.05, 0.1) is 0 Å². The van der Waals surface area contributed by atoms with E-state index in [9.17, 15) is 4.79 Å². The van der Waals surface area contributed by atoms with Crippen LogP contribution >= 0.6 is 0 Å². The molecular weight excluding hydrogens is 388 g/mol. The molecule has 0 atom stereocenters. The van der Waals surface area contributed by atoms with E-state index >= 15 is 0 Å². The lowest BCUT2D eigenvalue weighted by molar-refractivity contribution is 0.0745. The standard InChI is InChI=1S/C25H28N4O2/c1-17-5-8-21(9-6-17)31-24-16-23(26-20(4)27-24)28-11-13-29(14-12-28)25(30)22-10-7-18(2)15-19(22)3/h5-10,15-16H,11-14H2,1-4H3. The third kappa shape index (κ3) is 4.85. The summed E-state index contributed by atoms with van der Waals surface area (Å²) in [6.45, 7) is 10.7. The summed E-state index contributed by atoms with van der Waals surface area (Å²) in [5.41, 5.74) is 4.16. The Labute approximate surface area is 183 Å². The molecule has 0 aliphatic carbocycles. The van der Waals surface area contributed by atoms with Crippen molar-refractivity contribution in [1.82, 2.24) is 14.9 Å². The Morgan fingerprint density at radius 1 is 0.839 bits per heavy atom. The first-order valence-electron chi connectivity index (χ1n) is 10.6. The van der Waals surface area contributed by atoms with Gasteiger partial charge >= 0.3 is 0 Å². The molecule has 1 aromatic heterocycles. The number of hydrogen-bond donors (Lipinski definition) is 0. The number of aryl methyl sites for hydroxylation is 4. The molecule has 2 heterocycles. The van der Waals surface area contributed by atoms with E-state index in [0.717, 1.165) is 35.8 Å². The van der Waals surface area contributed by atoms with E-state index in [-0.39, 0.29) is 5.91 Å². The highest BCUT2D eigenvalue weighted by Gasteiger charge is 2.24. The summed E-state index contributed by atoms with van der Waals surface area (Å²) < 4.78 is 5.94. The molecule has 1 aliphatic heterocycles. The average molecular weight is 417 g/mol. The van der Waals surface area contributed by atoms with Gasteiger partial charge in [-0.3, -0.25) is 4.79 Å². The molecule has 1 amide bonds. The quantitative estimate of drug-likeness (QED) is 0.628. The molecule has 1 saturated heterocycles. The van der Waals surface area contributed by atoms with Crippen molar-refractivity contribution >= 4 is 11.7 Å². The van der Waals surface area contributed by atoms with Gasteiger partial charge in [-0.2, -0.15) is 4.98 Å². The minimum atomic E-state index is 0.0967. The second kappa shape index (κ2) is 8.76. The summed E-state index contributed by atoms with van der Waals surface area (Å²) in [5.74, 6) is 2.86. The number of benzene rings is 2. The first-order chi connectivity index (χ1) is 14.9. The van der Waals surface area contributed by atoms with Gasteiger partial charge in [-0.05, 0) is 51.5 Å². The molecule has 4 rings (SSSR count). The summed E-state index contributed by atoms with van der Waals surface area (Å²) in [7, 11) is 0. The van der Waals surface area contributed by atoms with Gasteiger partial charge in [0.2, 0.25) is 5.88 Å². The summed E-state index contributed by atoms with van der Waals surface area (Å²) >= 11 is 0. The predicted octanol–water partition coefficient (Wildman–Crippen LogP) is 4.46. The highest BCUT2D eigenvalue weighted by atomic mass is 16.5. The molecule has 3 aromatic rings. The smallest absolute Gasteiger partial charge is 0.254 e. The second-order valence-corrected chi connectivity index (χ2v) is 8.12. The van der Waals surface area contributed by atoms with E-state index in [2.05, 4.69) is 20.9 Å². The molecule has 2 aromatic carbocycles. The topological polar surface area (TPSA) is 58.6 Å². The number of ether oxygens (including phenoxy) is 1. The molecule has 1 fully saturated rings. The minimum absolute atomic E-state index is 0.0967. The molecule has 6 nitrogen and oxygen atoms in total. The first kappa shape index (κ1) is 20.8. The number of carbonyl (C=O) groups is 1. The number of aromatic nitrogens is 2. The van der Waals surface area contributed by atoms with Gasteiger partial charge in [0.15, 0.2) is 0 Å². The average Bonchev–Trinajstić information content (AvgIpc) is 2.75. The summed E-state index contributed by atoms with van der Waals surface area (Å²) in [4.78, 5) is 26.1. The molecule has 6 heteroatoms. The van der Waals surface area contributed by atoms with Crippen LogP contribution in [0.5, 0.6) is 11.6 Å². The second-order valence-electron chi connectivity index (χ2n) is 8.12. The predicted molar refractivity (Wildman–Crippen MR) is 122 cm³/mol. The van der Waals surface area contributed by atoms with Crippen LogP contribution < -0.4 is 9.64 Å². The molecule has 0 spiro atoms. The first-order valence-corrected chi connectivity index (χ1v) is 10.6. The Bertz CT molecular complexity index is 1090. The Hall–Kier alpha value is -3.41. The van der Waals surface area contributed by atoms with E-state index < -0.39 is 0 Å². The molecule has 31 heavy (non-hydrogen) atoms. The lowest BCUT2D eigenvalue weighted by Crippen LogP contribution is -2.49. The molecular formula is C25H28N4O2. The van der Waals surface area contributed by atoms with Crippen molar-refractivity contribution in [2.45, 2.75) is 27.7 Å². The fourth-order valence-corrected chi connectivity index (χ4v) is 3.83. The van der Waals surface area contributed by atoms with E-state index in [4.69, 9.17) is 4.74 Å². The van der Waals surface area contributed by atoms with Crippen molar-refractivity contribution in [2.24, 2.45) is 0 Å². The number of carbonyl (C=O) groups excluding carboxylic acids is 1. The largest absolute Gasteiger partial charge is 0.439 e. The Morgan fingerprint density at radius 3 is 2.19 bits per heavy atom. The number of hydrogen-bond acceptors (Lipinski definition) is 5. The number of rotatable bonds is 4. The number of piperazine rings is 1. The van der Waals surface area contributed by atoms with Crippen LogP contribution in [0.3, 0.4) is 0 Å². The maximum absolute atomic E-state index is 13.0. The van der Waals surface area contributed by atoms with E-state index in [1.54, 1.807) is 0 Å². The zero-order chi connectivity index (χ0) is 22.0. The Balaban J connectivity index is 1.44. The van der Waals surface area contributed by atoms with Crippen LogP contribution in [0, 0.1) is 27.7 Å². The van der Waals surface area contributed by atoms with Crippen LogP contribution in [0.2, 0.25) is 0 Å². The zero-order valence-corrected chi connectivity index (χ0v) is 18.6. The van der Waals surface area contributed by atoms with Crippen LogP contribution in [-0.4, -0.2) is 47.0 Å². The molecule has 0 bridgehead atoms. The number of nitrogens with zero attached hydrogens (tertiary/aromatic N) is 4. The molecule has 160 valence electrons. The lowest BCUT2D eigenvalue weighted by atomic mass is 10.0. The van der Waals surface area contributed by atoms with Gasteiger partial charge < -0.3 is 14.5 Å². The number of amides is 1. The van der Waals surface area contributed by atoms with Crippen LogP contribution in [0.25, 0.3) is 0 Å². The highest BCUT2D eigenvalue weighted by molar-refractivity contribution is 5.95. The highest BCUT2D eigenvalue weighted by Crippen LogP contribution is 2.25. The third-order valence-corrected chi connectivity index (χ3v) is 5.55. The normalized spacial score (nSPS) is 13.9. The van der Waals surface area contributed by atoms with E-state index in [1.807, 2.05) is 75.1 Å². The fourth-order valence-electron chi connectivity index (χ4n) is 3.83. The van der Waals surface area contributed by atoms with Crippen molar-refractivity contribution in [2.75, 3.05) is 31.1 Å². The van der Waals surface area contributed by atoms with Gasteiger partial charge in [-0.25, -0.2) is 4.98 Å². The Kier molecular flexibility index (Phi) is 5.89. The minimum Gasteiger partial charge on any atom is -0.439 e. The summed E-state index contributed by atoms with van der Waals surface area (Å²) in [5, 5.41) is 0. The lowest BCUT2D eigenvalue weighted by Gasteiger charge is -2.35. The summed E-state index contributed by atoms with van der Waals surface area (Å²) in [6, 6.07) is 15.7. The fraction of sp³-hybridized carbons (Fsp3) is 0.320. The third-order valence-electron chi connectivity index (χ3n) is 5.55. The Morgan fingerprint density at radius 2 is 1.52 bits per heavy atom. The van der Waals surface area contributed by atoms with Crippen LogP contribution in [0.15, 0.2) is 48.5 Å². The SMILES string of the molecule is Cc1ccc(Oc2cc(N3CCN(C(=O)c4ccc(C)cc4C)CC3)nc(C)n2)cc1. The van der Waals surface area contributed by atoms with E-state index in [0.29, 0.717) is 24.8 Å². The van der Waals surface area contributed by atoms with Gasteiger partial charge in [0, 0.05) is 37.8 Å². The van der Waals surface area contributed by atoms with Crippen LogP contribution in [-0.2, 0) is 0 Å². The van der Waals surface area contributed by atoms with Gasteiger partial charge in [-0.1, -0.05) is 35.4 Å². The zero-order valence-electron chi connectivity index (χ0n) is 18.6. The van der Waals surface area contributed by atoms with Crippen LogP contribution in [0.1, 0.15) is 32.9 Å². The van der Waals surface area contributed by atoms with Crippen molar-refractivity contribution in [3.63, 3.8) is 0 Å². The molecule has 0 N–H and O–H groups in total. The molecule has 0 unspecified atom stereocenters. The monoisotopic (exact) mass is 416 g/mol. The maximum Gasteiger partial charge on any atom is 0.254 e. The molecule has 0 radical (unpaired) electrons. The maximum atomic E-state index is 13.0. The van der Waals surface area contributed by atoms with Gasteiger partial charge in [-0.15, -0.1) is 0 Å².